The number of sulfone groups is 1. The van der Waals surface area contributed by atoms with Crippen molar-refractivity contribution in [3.05, 3.63) is 69.6 Å². The smallest absolute Gasteiger partial charge is 0.228 e. The number of benzene rings is 1. The average molecular weight is 454 g/mol. The van der Waals surface area contributed by atoms with Crippen LogP contribution < -0.4 is 0 Å². The van der Waals surface area contributed by atoms with Gasteiger partial charge in [0.05, 0.1) is 12.2 Å². The van der Waals surface area contributed by atoms with E-state index in [0.29, 0.717) is 33.5 Å². The highest BCUT2D eigenvalue weighted by atomic mass is 35.5. The van der Waals surface area contributed by atoms with Crippen molar-refractivity contribution in [3.8, 4) is 0 Å². The van der Waals surface area contributed by atoms with Crippen LogP contribution in [0.3, 0.4) is 0 Å². The van der Waals surface area contributed by atoms with E-state index >= 15 is 0 Å². The summed E-state index contributed by atoms with van der Waals surface area (Å²) < 4.78 is 39.2. The summed E-state index contributed by atoms with van der Waals surface area (Å²) in [6, 6.07) is 7.80. The number of H-pyrrole nitrogens is 1. The molecular formula is C18H14Cl2FN5O2S. The fourth-order valence-corrected chi connectivity index (χ4v) is 4.26. The second-order valence-corrected chi connectivity index (χ2v) is 9.27. The van der Waals surface area contributed by atoms with E-state index in [0.717, 1.165) is 11.8 Å². The van der Waals surface area contributed by atoms with Crippen molar-refractivity contribution in [1.29, 1.82) is 0 Å². The van der Waals surface area contributed by atoms with Gasteiger partial charge in [-0.1, -0.05) is 29.3 Å². The number of imidazole rings is 2. The first kappa shape index (κ1) is 19.8. The molecule has 4 rings (SSSR count). The van der Waals surface area contributed by atoms with Crippen LogP contribution >= 0.6 is 23.2 Å². The van der Waals surface area contributed by atoms with Gasteiger partial charge in [-0.2, -0.15) is 9.37 Å². The van der Waals surface area contributed by atoms with Crippen molar-refractivity contribution in [2.24, 2.45) is 0 Å². The SMILES string of the molecule is CS(=O)(=O)c1nc(Cc2ccc(Cl)cc2Cl)cn1Cc1nc2ccc(F)nc2[nH]1. The van der Waals surface area contributed by atoms with E-state index in [2.05, 4.69) is 19.9 Å². The molecule has 150 valence electrons. The third kappa shape index (κ3) is 4.26. The van der Waals surface area contributed by atoms with Gasteiger partial charge in [0.25, 0.3) is 0 Å². The molecule has 0 aliphatic rings. The van der Waals surface area contributed by atoms with Gasteiger partial charge in [-0.05, 0) is 29.8 Å². The molecule has 0 bridgehead atoms. The maximum Gasteiger partial charge on any atom is 0.228 e. The predicted molar refractivity (Wildman–Crippen MR) is 108 cm³/mol. The number of pyridine rings is 1. The molecule has 1 aromatic carbocycles. The molecule has 0 unspecified atom stereocenters. The highest BCUT2D eigenvalue weighted by Gasteiger charge is 2.20. The first-order valence-corrected chi connectivity index (χ1v) is 11.0. The van der Waals surface area contributed by atoms with Gasteiger partial charge in [0.15, 0.2) is 5.65 Å². The van der Waals surface area contributed by atoms with E-state index in [9.17, 15) is 12.8 Å². The van der Waals surface area contributed by atoms with E-state index in [1.807, 2.05) is 0 Å². The molecule has 0 aliphatic heterocycles. The number of fused-ring (bicyclic) bond motifs is 1. The summed E-state index contributed by atoms with van der Waals surface area (Å²) in [5.74, 6) is -0.203. The summed E-state index contributed by atoms with van der Waals surface area (Å²) in [6.07, 6.45) is 3.04. The second-order valence-electron chi connectivity index (χ2n) is 6.51. The summed E-state index contributed by atoms with van der Waals surface area (Å²) in [4.78, 5) is 15.2. The standard InChI is InChI=1S/C18H14Cl2FN5O2S/c1-29(27,28)18-22-12(6-10-2-3-11(19)7-13(10)20)8-26(18)9-16-23-14-4-5-15(21)24-17(14)25-16/h2-5,7-8H,6,9H2,1H3,(H,23,24,25). The fourth-order valence-electron chi connectivity index (χ4n) is 2.96. The van der Waals surface area contributed by atoms with Gasteiger partial charge in [0.2, 0.25) is 20.9 Å². The molecule has 0 saturated carbocycles. The summed E-state index contributed by atoms with van der Waals surface area (Å²) in [5.41, 5.74) is 2.06. The summed E-state index contributed by atoms with van der Waals surface area (Å²) in [6.45, 7) is 0.0989. The number of halogens is 3. The lowest BCUT2D eigenvalue weighted by Crippen LogP contribution is -2.10. The van der Waals surface area contributed by atoms with Gasteiger partial charge in [0, 0.05) is 28.9 Å². The lowest BCUT2D eigenvalue weighted by atomic mass is 10.1. The van der Waals surface area contributed by atoms with Crippen molar-refractivity contribution in [1.82, 2.24) is 24.5 Å². The molecule has 0 amide bonds. The van der Waals surface area contributed by atoms with Crippen LogP contribution in [-0.4, -0.2) is 39.2 Å². The van der Waals surface area contributed by atoms with Crippen LogP contribution in [0.15, 0.2) is 41.7 Å². The van der Waals surface area contributed by atoms with Gasteiger partial charge in [-0.15, -0.1) is 0 Å². The molecule has 0 spiro atoms. The Hall–Kier alpha value is -2.49. The van der Waals surface area contributed by atoms with Crippen LogP contribution in [0.4, 0.5) is 4.39 Å². The molecule has 7 nitrogen and oxygen atoms in total. The van der Waals surface area contributed by atoms with Gasteiger partial charge >= 0.3 is 0 Å². The Morgan fingerprint density at radius 3 is 2.66 bits per heavy atom. The number of nitrogens with zero attached hydrogens (tertiary/aromatic N) is 4. The van der Waals surface area contributed by atoms with Crippen LogP contribution in [-0.2, 0) is 22.8 Å². The van der Waals surface area contributed by atoms with Gasteiger partial charge in [-0.25, -0.2) is 18.4 Å². The molecule has 0 aliphatic carbocycles. The fraction of sp³-hybridized carbons (Fsp3) is 0.167. The monoisotopic (exact) mass is 453 g/mol. The summed E-state index contributed by atoms with van der Waals surface area (Å²) >= 11 is 12.1. The number of nitrogens with one attached hydrogen (secondary N) is 1. The lowest BCUT2D eigenvalue weighted by Gasteiger charge is -2.03. The molecule has 4 aromatic rings. The molecule has 0 fully saturated rings. The third-order valence-electron chi connectivity index (χ3n) is 4.19. The first-order chi connectivity index (χ1) is 13.7. The minimum atomic E-state index is -3.60. The number of aromatic amines is 1. The third-order valence-corrected chi connectivity index (χ3v) is 5.76. The van der Waals surface area contributed by atoms with Crippen LogP contribution in [0.1, 0.15) is 17.1 Å². The Balaban J connectivity index is 1.69. The van der Waals surface area contributed by atoms with E-state index in [4.69, 9.17) is 23.2 Å². The van der Waals surface area contributed by atoms with Gasteiger partial charge in [-0.3, -0.25) is 0 Å². The number of rotatable bonds is 5. The quantitative estimate of drug-likeness (QED) is 0.465. The average Bonchev–Trinajstić information content (AvgIpc) is 3.20. The Morgan fingerprint density at radius 1 is 1.14 bits per heavy atom. The van der Waals surface area contributed by atoms with E-state index in [1.54, 1.807) is 24.4 Å². The van der Waals surface area contributed by atoms with Gasteiger partial charge in [0.1, 0.15) is 11.3 Å². The Labute approximate surface area is 175 Å². The highest BCUT2D eigenvalue weighted by Crippen LogP contribution is 2.24. The highest BCUT2D eigenvalue weighted by molar-refractivity contribution is 7.90. The van der Waals surface area contributed by atoms with Crippen LogP contribution in [0.2, 0.25) is 10.0 Å². The van der Waals surface area contributed by atoms with Gasteiger partial charge < -0.3 is 9.55 Å². The van der Waals surface area contributed by atoms with Crippen molar-refractivity contribution >= 4 is 44.2 Å². The van der Waals surface area contributed by atoms with E-state index < -0.39 is 15.8 Å². The summed E-state index contributed by atoms with van der Waals surface area (Å²) in [7, 11) is -3.60. The van der Waals surface area contributed by atoms with Crippen molar-refractivity contribution in [2.75, 3.05) is 6.26 Å². The Morgan fingerprint density at radius 2 is 1.93 bits per heavy atom. The molecule has 29 heavy (non-hydrogen) atoms. The van der Waals surface area contributed by atoms with Crippen LogP contribution in [0.5, 0.6) is 0 Å². The number of hydrogen-bond acceptors (Lipinski definition) is 5. The maximum atomic E-state index is 13.3. The molecule has 11 heteroatoms. The van der Waals surface area contributed by atoms with Crippen LogP contribution in [0.25, 0.3) is 11.2 Å². The number of hydrogen-bond donors (Lipinski definition) is 1. The van der Waals surface area contributed by atoms with Crippen molar-refractivity contribution in [2.45, 2.75) is 18.1 Å². The largest absolute Gasteiger partial charge is 0.325 e. The zero-order chi connectivity index (χ0) is 20.8. The number of aromatic nitrogens is 5. The normalized spacial score (nSPS) is 12.0. The molecule has 1 N–H and O–H groups in total. The van der Waals surface area contributed by atoms with E-state index in [1.165, 1.54) is 16.7 Å². The Kier molecular flexibility index (Phi) is 5.05. The molecule has 3 aromatic heterocycles. The Bertz CT molecular complexity index is 1330. The van der Waals surface area contributed by atoms with Crippen molar-refractivity contribution in [3.63, 3.8) is 0 Å². The molecule has 0 saturated heterocycles. The zero-order valence-electron chi connectivity index (χ0n) is 15.0. The molecule has 0 radical (unpaired) electrons. The summed E-state index contributed by atoms with van der Waals surface area (Å²) in [5, 5.41) is 0.881. The van der Waals surface area contributed by atoms with E-state index in [-0.39, 0.29) is 17.3 Å². The molecule has 0 atom stereocenters. The van der Waals surface area contributed by atoms with Crippen molar-refractivity contribution < 1.29 is 12.8 Å². The maximum absolute atomic E-state index is 13.3. The predicted octanol–water partition coefficient (Wildman–Crippen LogP) is 3.64. The lowest BCUT2D eigenvalue weighted by molar-refractivity contribution is 0.575. The first-order valence-electron chi connectivity index (χ1n) is 8.40. The second kappa shape index (κ2) is 7.40. The minimum Gasteiger partial charge on any atom is -0.325 e. The zero-order valence-corrected chi connectivity index (χ0v) is 17.4. The topological polar surface area (TPSA) is 93.5 Å². The minimum absolute atomic E-state index is 0.0989. The van der Waals surface area contributed by atoms with Crippen LogP contribution in [0, 0.1) is 5.95 Å². The molecule has 3 heterocycles. The molecular weight excluding hydrogens is 440 g/mol.